The molecular weight excluding hydrogens is 864 g/mol. The Morgan fingerprint density at radius 3 is 1.60 bits per heavy atom. The van der Waals surface area contributed by atoms with Gasteiger partial charge in [0.25, 0.3) is 0 Å². The van der Waals surface area contributed by atoms with E-state index in [4.69, 9.17) is 22.3 Å². The zero-order valence-electron chi connectivity index (χ0n) is 30.4. The van der Waals surface area contributed by atoms with Gasteiger partial charge in [-0.1, -0.05) is 36.1 Å². The second-order valence-electron chi connectivity index (χ2n) is 13.2. The SMILES string of the molecule is C#Cc1sccc1-c1cc2cc(OC)c(-c3ccsc3C#C)cc2cc1C.COc1cc2c(cc(C)c3c4ccsc4ccc23)c2ccc3sccc3c12.I. The van der Waals surface area contributed by atoms with Crippen LogP contribution in [-0.4, -0.2) is 14.2 Å². The summed E-state index contributed by atoms with van der Waals surface area (Å²) in [5.41, 5.74) is 6.85. The van der Waals surface area contributed by atoms with Gasteiger partial charge in [0.15, 0.2) is 0 Å². The maximum absolute atomic E-state index is 5.87. The van der Waals surface area contributed by atoms with Crippen molar-refractivity contribution in [1.82, 2.24) is 0 Å². The molecule has 0 spiro atoms. The van der Waals surface area contributed by atoms with Crippen molar-refractivity contribution in [1.29, 1.82) is 0 Å². The van der Waals surface area contributed by atoms with E-state index < -0.39 is 0 Å². The number of ether oxygens (including phenoxy) is 2. The molecule has 10 aromatic rings. The van der Waals surface area contributed by atoms with E-state index in [1.54, 1.807) is 59.6 Å². The summed E-state index contributed by atoms with van der Waals surface area (Å²) < 4.78 is 14.2. The Kier molecular flexibility index (Phi) is 10.1. The summed E-state index contributed by atoms with van der Waals surface area (Å²) in [6.07, 6.45) is 11.3. The zero-order valence-corrected chi connectivity index (χ0v) is 36.0. The number of thiophene rings is 4. The summed E-state index contributed by atoms with van der Waals surface area (Å²) >= 11 is 6.75. The molecule has 0 N–H and O–H groups in total. The van der Waals surface area contributed by atoms with Gasteiger partial charge >= 0.3 is 0 Å². The van der Waals surface area contributed by atoms with Crippen LogP contribution in [0, 0.1) is 38.5 Å². The first-order valence-electron chi connectivity index (χ1n) is 17.3. The molecule has 2 nitrogen and oxygen atoms in total. The molecule has 7 heteroatoms. The van der Waals surface area contributed by atoms with Gasteiger partial charge in [-0.2, -0.15) is 0 Å². The number of hydrogen-bond acceptors (Lipinski definition) is 6. The van der Waals surface area contributed by atoms with Crippen LogP contribution in [0.2, 0.25) is 0 Å². The van der Waals surface area contributed by atoms with E-state index in [2.05, 4.69) is 121 Å². The van der Waals surface area contributed by atoms with Gasteiger partial charge in [-0.15, -0.1) is 82.2 Å². The van der Waals surface area contributed by atoms with Crippen molar-refractivity contribution in [3.63, 3.8) is 0 Å². The Morgan fingerprint density at radius 1 is 0.455 bits per heavy atom. The smallest absolute Gasteiger partial charge is 0.128 e. The van der Waals surface area contributed by atoms with Gasteiger partial charge in [0.05, 0.1) is 24.0 Å². The van der Waals surface area contributed by atoms with Crippen molar-refractivity contribution in [3.8, 4) is 58.4 Å². The van der Waals surface area contributed by atoms with Crippen LogP contribution in [0.4, 0.5) is 0 Å². The summed E-state index contributed by atoms with van der Waals surface area (Å²) in [5, 5.41) is 21.0. The lowest BCUT2D eigenvalue weighted by Gasteiger charge is -2.15. The average Bonchev–Trinajstić information content (AvgIpc) is 4.04. The lowest BCUT2D eigenvalue weighted by molar-refractivity contribution is 0.417. The van der Waals surface area contributed by atoms with Crippen molar-refractivity contribution in [2.45, 2.75) is 13.8 Å². The Hall–Kier alpha value is -4.87. The monoisotopic (exact) mass is 896 g/mol. The third-order valence-electron chi connectivity index (χ3n) is 10.3. The van der Waals surface area contributed by atoms with Crippen LogP contribution in [0.15, 0.2) is 106 Å². The number of rotatable bonds is 4. The van der Waals surface area contributed by atoms with Crippen molar-refractivity contribution < 1.29 is 9.47 Å². The highest BCUT2D eigenvalue weighted by Gasteiger charge is 2.17. The van der Waals surface area contributed by atoms with E-state index >= 15 is 0 Å². The Morgan fingerprint density at radius 2 is 0.982 bits per heavy atom. The number of halogens is 1. The summed E-state index contributed by atoms with van der Waals surface area (Å²) in [5.74, 6) is 7.33. The van der Waals surface area contributed by atoms with Gasteiger partial charge < -0.3 is 9.47 Å². The van der Waals surface area contributed by atoms with Crippen molar-refractivity contribution >= 4 is 133 Å². The minimum Gasteiger partial charge on any atom is -0.496 e. The molecule has 0 amide bonds. The maximum atomic E-state index is 5.87. The highest BCUT2D eigenvalue weighted by molar-refractivity contribution is 14.0. The molecule has 0 saturated heterocycles. The fraction of sp³-hybridized carbons (Fsp3) is 0.0833. The molecule has 10 rings (SSSR count). The largest absolute Gasteiger partial charge is 0.496 e. The van der Waals surface area contributed by atoms with Crippen LogP contribution < -0.4 is 9.47 Å². The highest BCUT2D eigenvalue weighted by Crippen LogP contribution is 2.44. The fourth-order valence-corrected chi connectivity index (χ4v) is 10.9. The lowest BCUT2D eigenvalue weighted by Crippen LogP contribution is -1.91. The van der Waals surface area contributed by atoms with E-state index in [-0.39, 0.29) is 24.0 Å². The van der Waals surface area contributed by atoms with Gasteiger partial charge in [0.2, 0.25) is 0 Å². The van der Waals surface area contributed by atoms with Gasteiger partial charge in [-0.3, -0.25) is 0 Å². The summed E-state index contributed by atoms with van der Waals surface area (Å²) in [4.78, 5) is 1.87. The van der Waals surface area contributed by atoms with Crippen LogP contribution in [-0.2, 0) is 0 Å². The molecule has 6 aromatic carbocycles. The van der Waals surface area contributed by atoms with Gasteiger partial charge in [0, 0.05) is 42.2 Å². The molecule has 0 atom stereocenters. The predicted octanol–water partition coefficient (Wildman–Crippen LogP) is 15.1. The summed E-state index contributed by atoms with van der Waals surface area (Å²) in [7, 11) is 3.47. The van der Waals surface area contributed by atoms with Crippen molar-refractivity contribution in [2.75, 3.05) is 14.2 Å². The third kappa shape index (κ3) is 6.16. The first-order chi connectivity index (χ1) is 26.4. The zero-order chi connectivity index (χ0) is 37.1. The maximum Gasteiger partial charge on any atom is 0.128 e. The molecule has 0 unspecified atom stereocenters. The molecule has 0 bridgehead atoms. The van der Waals surface area contributed by atoms with Crippen LogP contribution in [0.5, 0.6) is 11.5 Å². The van der Waals surface area contributed by atoms with E-state index in [9.17, 15) is 0 Å². The van der Waals surface area contributed by atoms with Crippen LogP contribution in [0.1, 0.15) is 20.9 Å². The number of fused-ring (bicyclic) bond motifs is 10. The first kappa shape index (κ1) is 37.1. The van der Waals surface area contributed by atoms with Crippen LogP contribution >= 0.6 is 69.3 Å². The number of aryl methyl sites for hydroxylation is 2. The van der Waals surface area contributed by atoms with E-state index in [0.29, 0.717) is 0 Å². The van der Waals surface area contributed by atoms with Gasteiger partial charge in [-0.25, -0.2) is 0 Å². The minimum atomic E-state index is 0. The first-order valence-corrected chi connectivity index (χ1v) is 20.9. The number of hydrogen-bond donors (Lipinski definition) is 0. The molecule has 0 saturated carbocycles. The Balaban J connectivity index is 0.000000153. The second-order valence-corrected chi connectivity index (χ2v) is 16.9. The van der Waals surface area contributed by atoms with E-state index in [0.717, 1.165) is 54.3 Å². The Labute approximate surface area is 353 Å². The molecule has 0 aliphatic carbocycles. The third-order valence-corrected chi connectivity index (χ3v) is 13.8. The van der Waals surface area contributed by atoms with E-state index in [1.807, 2.05) is 10.8 Å². The number of methoxy groups -OCH3 is 2. The van der Waals surface area contributed by atoms with Gasteiger partial charge in [-0.05, 0) is 150 Å². The molecule has 55 heavy (non-hydrogen) atoms. The van der Waals surface area contributed by atoms with E-state index in [1.165, 1.54) is 63.6 Å². The summed E-state index contributed by atoms with van der Waals surface area (Å²) in [6.45, 7) is 4.35. The summed E-state index contributed by atoms with van der Waals surface area (Å²) in [6, 6.07) is 30.8. The topological polar surface area (TPSA) is 18.5 Å². The quantitative estimate of drug-likeness (QED) is 0.0995. The Bertz CT molecular complexity index is 3200. The highest BCUT2D eigenvalue weighted by atomic mass is 127. The molecular formula is C48H33IO2S4. The standard InChI is InChI=1S/2C24H16OS2.HI/c1-13-11-18-15-4-6-22-17(8-10-27-22)24(15)20(25-2)12-19(18)14-3-5-21-16(23(13)14)7-9-26-21;1-5-23-18(7-9-26-23)20-12-17-14-22(25-4)21(13-16(17)11-15(20)3)19-8-10-27-24(19)6-2;/h3-12H,1-2H3;1-2,7-14H,3-4H3;1H. The number of benzene rings is 6. The predicted molar refractivity (Wildman–Crippen MR) is 254 cm³/mol. The van der Waals surface area contributed by atoms with Crippen LogP contribution in [0.3, 0.4) is 0 Å². The molecule has 0 aliphatic heterocycles. The number of terminal acetylenes is 2. The normalized spacial score (nSPS) is 11.1. The van der Waals surface area contributed by atoms with Gasteiger partial charge in [0.1, 0.15) is 11.5 Å². The molecule has 268 valence electrons. The lowest BCUT2D eigenvalue weighted by atomic mass is 9.91. The second kappa shape index (κ2) is 15.0. The molecule has 4 heterocycles. The molecule has 4 aromatic heterocycles. The molecule has 0 radical (unpaired) electrons. The average molecular weight is 897 g/mol. The fourth-order valence-electron chi connectivity index (χ4n) is 7.86. The van der Waals surface area contributed by atoms with Crippen molar-refractivity contribution in [2.24, 2.45) is 0 Å². The molecule has 0 fully saturated rings. The van der Waals surface area contributed by atoms with Crippen LogP contribution in [0.25, 0.3) is 85.5 Å². The molecule has 0 aliphatic rings. The minimum absolute atomic E-state index is 0. The van der Waals surface area contributed by atoms with Crippen molar-refractivity contribution in [3.05, 3.63) is 127 Å².